The van der Waals surface area contributed by atoms with Crippen molar-refractivity contribution in [3.05, 3.63) is 34.1 Å². The Bertz CT molecular complexity index is 422. The Morgan fingerprint density at radius 2 is 2.31 bits per heavy atom. The highest BCUT2D eigenvalue weighted by molar-refractivity contribution is 9.10. The van der Waals surface area contributed by atoms with Crippen LogP contribution in [0.2, 0.25) is 0 Å². The topological polar surface area (TPSA) is 46.5 Å². The average Bonchev–Trinajstić information content (AvgIpc) is 2.70. The van der Waals surface area contributed by atoms with Crippen molar-refractivity contribution < 1.29 is 19.0 Å². The predicted molar refractivity (Wildman–Crippen MR) is 58.5 cm³/mol. The molecule has 0 aliphatic carbocycles. The highest BCUT2D eigenvalue weighted by atomic mass is 79.9. The number of carbonyl (C=O) groups is 1. The van der Waals surface area contributed by atoms with E-state index in [1.807, 2.05) is 0 Å². The number of halogens is 2. The van der Waals surface area contributed by atoms with Gasteiger partial charge in [-0.25, -0.2) is 4.39 Å². The highest BCUT2D eigenvalue weighted by Crippen LogP contribution is 2.36. The fraction of sp³-hybridized carbons (Fsp3) is 0.364. The number of carboxylic acid groups (broad SMARTS) is 1. The van der Waals surface area contributed by atoms with Gasteiger partial charge in [0.05, 0.1) is 12.0 Å². The zero-order valence-electron chi connectivity index (χ0n) is 8.32. The molecule has 0 bridgehead atoms. The van der Waals surface area contributed by atoms with Gasteiger partial charge in [0, 0.05) is 16.6 Å². The van der Waals surface area contributed by atoms with Crippen LogP contribution in [0.25, 0.3) is 0 Å². The molecule has 1 saturated heterocycles. The summed E-state index contributed by atoms with van der Waals surface area (Å²) in [4.78, 5) is 11.0. The molecule has 1 fully saturated rings. The lowest BCUT2D eigenvalue weighted by Gasteiger charge is -2.16. The first-order valence-corrected chi connectivity index (χ1v) is 5.68. The molecular formula is C11H10BrFO3. The number of carboxylic acids is 1. The summed E-state index contributed by atoms with van der Waals surface area (Å²) in [7, 11) is 0. The van der Waals surface area contributed by atoms with E-state index in [-0.39, 0.29) is 0 Å². The van der Waals surface area contributed by atoms with Crippen molar-refractivity contribution in [3.8, 4) is 0 Å². The summed E-state index contributed by atoms with van der Waals surface area (Å²) < 4.78 is 19.6. The molecule has 2 rings (SSSR count). The van der Waals surface area contributed by atoms with Gasteiger partial charge in [0.15, 0.2) is 0 Å². The summed E-state index contributed by atoms with van der Waals surface area (Å²) >= 11 is 3.23. The number of hydrogen-bond acceptors (Lipinski definition) is 2. The molecule has 1 N–H and O–H groups in total. The Morgan fingerprint density at radius 1 is 1.56 bits per heavy atom. The molecule has 0 radical (unpaired) electrons. The molecule has 2 unspecified atom stereocenters. The molecule has 0 spiro atoms. The van der Waals surface area contributed by atoms with Crippen molar-refractivity contribution in [1.82, 2.24) is 0 Å². The molecule has 1 heterocycles. The van der Waals surface area contributed by atoms with Crippen molar-refractivity contribution >= 4 is 21.9 Å². The van der Waals surface area contributed by atoms with Gasteiger partial charge in [0.1, 0.15) is 5.82 Å². The van der Waals surface area contributed by atoms with Gasteiger partial charge in [-0.1, -0.05) is 15.9 Å². The predicted octanol–water partition coefficient (Wildman–Crippen LogP) is 2.75. The summed E-state index contributed by atoms with van der Waals surface area (Å²) in [5.41, 5.74) is 0.305. The fourth-order valence-electron chi connectivity index (χ4n) is 1.88. The van der Waals surface area contributed by atoms with Crippen LogP contribution in [0.1, 0.15) is 18.1 Å². The van der Waals surface area contributed by atoms with Gasteiger partial charge in [-0.15, -0.1) is 0 Å². The second kappa shape index (κ2) is 4.51. The quantitative estimate of drug-likeness (QED) is 0.910. The molecule has 2 atom stereocenters. The lowest BCUT2D eigenvalue weighted by atomic mass is 9.95. The van der Waals surface area contributed by atoms with E-state index in [0.717, 1.165) is 0 Å². The largest absolute Gasteiger partial charge is 0.481 e. The fourth-order valence-corrected chi connectivity index (χ4v) is 2.26. The molecule has 0 amide bonds. The second-order valence-electron chi connectivity index (χ2n) is 3.69. The summed E-state index contributed by atoms with van der Waals surface area (Å²) in [5.74, 6) is -2.04. The zero-order valence-corrected chi connectivity index (χ0v) is 9.91. The van der Waals surface area contributed by atoms with E-state index in [0.29, 0.717) is 23.1 Å². The molecule has 16 heavy (non-hydrogen) atoms. The standard InChI is InChI=1S/C11H10BrFO3/c12-6-1-2-9(13)8(5-6)10-7(11(14)15)3-4-16-10/h1-2,5,7,10H,3-4H2,(H,14,15). The van der Waals surface area contributed by atoms with Crippen LogP contribution < -0.4 is 0 Å². The Kier molecular flexibility index (Phi) is 3.25. The third kappa shape index (κ3) is 2.10. The molecule has 5 heteroatoms. The van der Waals surface area contributed by atoms with Crippen LogP contribution in [0.4, 0.5) is 4.39 Å². The monoisotopic (exact) mass is 288 g/mol. The first kappa shape index (κ1) is 11.5. The van der Waals surface area contributed by atoms with Crippen LogP contribution >= 0.6 is 15.9 Å². The minimum absolute atomic E-state index is 0.305. The van der Waals surface area contributed by atoms with Crippen LogP contribution in [-0.2, 0) is 9.53 Å². The van der Waals surface area contributed by atoms with E-state index >= 15 is 0 Å². The normalized spacial score (nSPS) is 24.6. The van der Waals surface area contributed by atoms with Gasteiger partial charge in [-0.2, -0.15) is 0 Å². The Balaban J connectivity index is 2.35. The molecule has 1 aromatic carbocycles. The molecule has 3 nitrogen and oxygen atoms in total. The van der Waals surface area contributed by atoms with Crippen molar-refractivity contribution in [3.63, 3.8) is 0 Å². The number of benzene rings is 1. The maximum atomic E-state index is 13.6. The van der Waals surface area contributed by atoms with Gasteiger partial charge >= 0.3 is 5.97 Å². The molecule has 86 valence electrons. The third-order valence-corrected chi connectivity index (χ3v) is 3.17. The summed E-state index contributed by atoms with van der Waals surface area (Å²) in [6.45, 7) is 0.355. The van der Waals surface area contributed by atoms with Gasteiger partial charge in [0.2, 0.25) is 0 Å². The summed E-state index contributed by atoms with van der Waals surface area (Å²) in [6.07, 6.45) is -0.263. The summed E-state index contributed by atoms with van der Waals surface area (Å²) in [5, 5.41) is 8.99. The maximum Gasteiger partial charge on any atom is 0.309 e. The Morgan fingerprint density at radius 3 is 3.00 bits per heavy atom. The first-order valence-electron chi connectivity index (χ1n) is 4.89. The molecule has 1 aliphatic heterocycles. The van der Waals surface area contributed by atoms with E-state index in [4.69, 9.17) is 9.84 Å². The van der Waals surface area contributed by atoms with Crippen molar-refractivity contribution in [1.29, 1.82) is 0 Å². The van der Waals surface area contributed by atoms with Crippen LogP contribution in [0.5, 0.6) is 0 Å². The molecule has 1 aromatic rings. The van der Waals surface area contributed by atoms with Crippen molar-refractivity contribution in [2.45, 2.75) is 12.5 Å². The zero-order chi connectivity index (χ0) is 11.7. The minimum Gasteiger partial charge on any atom is -0.481 e. The number of hydrogen-bond donors (Lipinski definition) is 1. The highest BCUT2D eigenvalue weighted by Gasteiger charge is 2.36. The van der Waals surface area contributed by atoms with Gasteiger partial charge in [-0.05, 0) is 24.6 Å². The minimum atomic E-state index is -0.943. The van der Waals surface area contributed by atoms with E-state index in [9.17, 15) is 9.18 Å². The van der Waals surface area contributed by atoms with Crippen molar-refractivity contribution in [2.75, 3.05) is 6.61 Å². The maximum absolute atomic E-state index is 13.6. The second-order valence-corrected chi connectivity index (χ2v) is 4.61. The van der Waals surface area contributed by atoms with E-state index in [1.165, 1.54) is 6.07 Å². The van der Waals surface area contributed by atoms with E-state index in [1.54, 1.807) is 12.1 Å². The van der Waals surface area contributed by atoms with Gasteiger partial charge < -0.3 is 9.84 Å². The SMILES string of the molecule is O=C(O)C1CCOC1c1cc(Br)ccc1F. The van der Waals surface area contributed by atoms with Gasteiger partial charge in [0.25, 0.3) is 0 Å². The smallest absolute Gasteiger partial charge is 0.309 e. The van der Waals surface area contributed by atoms with Crippen LogP contribution in [0.15, 0.2) is 22.7 Å². The molecular weight excluding hydrogens is 279 g/mol. The van der Waals surface area contributed by atoms with E-state index < -0.39 is 23.8 Å². The Hall–Kier alpha value is -0.940. The van der Waals surface area contributed by atoms with Gasteiger partial charge in [-0.3, -0.25) is 4.79 Å². The number of ether oxygens (including phenoxy) is 1. The Labute approximate surface area is 100 Å². The number of rotatable bonds is 2. The van der Waals surface area contributed by atoms with Crippen LogP contribution in [-0.4, -0.2) is 17.7 Å². The number of aliphatic carboxylic acids is 1. The average molecular weight is 289 g/mol. The molecule has 0 aromatic heterocycles. The third-order valence-electron chi connectivity index (χ3n) is 2.67. The first-order chi connectivity index (χ1) is 7.59. The molecule has 0 saturated carbocycles. The lowest BCUT2D eigenvalue weighted by molar-refractivity contribution is -0.143. The molecule has 1 aliphatic rings. The van der Waals surface area contributed by atoms with Crippen molar-refractivity contribution in [2.24, 2.45) is 5.92 Å². The van der Waals surface area contributed by atoms with Crippen LogP contribution in [0, 0.1) is 11.7 Å². The van der Waals surface area contributed by atoms with E-state index in [2.05, 4.69) is 15.9 Å². The lowest BCUT2D eigenvalue weighted by Crippen LogP contribution is -2.18. The van der Waals surface area contributed by atoms with Crippen LogP contribution in [0.3, 0.4) is 0 Å². The summed E-state index contributed by atoms with van der Waals surface area (Å²) in [6, 6.07) is 4.45.